The van der Waals surface area contributed by atoms with E-state index < -0.39 is 0 Å². The number of carbonyl (C=O) groups excluding carboxylic acids is 2. The molecule has 2 aromatic rings. The Balaban J connectivity index is 2.30. The van der Waals surface area contributed by atoms with Crippen LogP contribution in [0.2, 0.25) is 0 Å². The number of anilines is 1. The molecule has 0 fully saturated rings. The Kier molecular flexibility index (Phi) is 2.75. The number of nitrogens with one attached hydrogen (secondary N) is 1. The van der Waals surface area contributed by atoms with E-state index in [4.69, 9.17) is 0 Å². The van der Waals surface area contributed by atoms with Crippen molar-refractivity contribution in [1.29, 1.82) is 0 Å². The van der Waals surface area contributed by atoms with Gasteiger partial charge in [-0.15, -0.1) is 0 Å². The Bertz CT molecular complexity index is 819. The fraction of sp³-hybridized carbons (Fsp3) is 0.308. The fourth-order valence-corrected chi connectivity index (χ4v) is 2.45. The molecule has 3 heterocycles. The lowest BCUT2D eigenvalue weighted by molar-refractivity contribution is -0.135. The zero-order chi connectivity index (χ0) is 15.3. The van der Waals surface area contributed by atoms with Gasteiger partial charge in [-0.25, -0.2) is 15.0 Å². The van der Waals surface area contributed by atoms with Gasteiger partial charge in [0, 0.05) is 26.7 Å². The molecule has 0 aromatic carbocycles. The van der Waals surface area contributed by atoms with Gasteiger partial charge in [0.05, 0.1) is 5.57 Å². The van der Waals surface area contributed by atoms with E-state index in [1.165, 1.54) is 13.4 Å². The maximum absolute atomic E-state index is 12.3. The van der Waals surface area contributed by atoms with Gasteiger partial charge in [0.15, 0.2) is 17.0 Å². The predicted octanol–water partition coefficient (Wildman–Crippen LogP) is 0.177. The van der Waals surface area contributed by atoms with E-state index in [1.54, 1.807) is 25.6 Å². The number of fused-ring (bicyclic) bond motifs is 1. The second-order valence-electron chi connectivity index (χ2n) is 4.81. The maximum Gasteiger partial charge on any atom is 0.264 e. The maximum atomic E-state index is 12.3. The highest BCUT2D eigenvalue weighted by molar-refractivity contribution is 6.35. The van der Waals surface area contributed by atoms with Crippen LogP contribution >= 0.6 is 0 Å². The first-order chi connectivity index (χ1) is 9.97. The second kappa shape index (κ2) is 4.37. The number of amides is 2. The number of rotatable bonds is 2. The molecule has 108 valence electrons. The SMILES string of the molecule is CNc1ncnc2c1nc(C1=C(C)C(=O)N(C)C1=O)n2C. The van der Waals surface area contributed by atoms with Crippen LogP contribution in [-0.2, 0) is 16.6 Å². The van der Waals surface area contributed by atoms with Crippen molar-refractivity contribution in [1.82, 2.24) is 24.4 Å². The Morgan fingerprint density at radius 1 is 1.14 bits per heavy atom. The minimum absolute atomic E-state index is 0.304. The first-order valence-electron chi connectivity index (χ1n) is 6.36. The highest BCUT2D eigenvalue weighted by atomic mass is 16.2. The number of nitrogens with zero attached hydrogens (tertiary/aromatic N) is 5. The number of hydrogen-bond donors (Lipinski definition) is 1. The van der Waals surface area contributed by atoms with Gasteiger partial charge >= 0.3 is 0 Å². The summed E-state index contributed by atoms with van der Waals surface area (Å²) in [6.07, 6.45) is 1.43. The molecule has 1 N–H and O–H groups in total. The van der Waals surface area contributed by atoms with Crippen LogP contribution in [0.3, 0.4) is 0 Å². The molecule has 0 unspecified atom stereocenters. The lowest BCUT2D eigenvalue weighted by Crippen LogP contribution is -2.26. The monoisotopic (exact) mass is 286 g/mol. The number of aromatic nitrogens is 4. The molecule has 0 saturated heterocycles. The molecule has 0 atom stereocenters. The largest absolute Gasteiger partial charge is 0.371 e. The van der Waals surface area contributed by atoms with Gasteiger partial charge < -0.3 is 9.88 Å². The van der Waals surface area contributed by atoms with E-state index in [1.807, 2.05) is 0 Å². The summed E-state index contributed by atoms with van der Waals surface area (Å²) in [6.45, 7) is 1.63. The molecule has 2 amide bonds. The summed E-state index contributed by atoms with van der Waals surface area (Å²) < 4.78 is 1.70. The van der Waals surface area contributed by atoms with Crippen LogP contribution in [0.25, 0.3) is 16.7 Å². The summed E-state index contributed by atoms with van der Waals surface area (Å²) in [4.78, 5) is 38.0. The van der Waals surface area contributed by atoms with Gasteiger partial charge in [-0.1, -0.05) is 0 Å². The minimum Gasteiger partial charge on any atom is -0.371 e. The highest BCUT2D eigenvalue weighted by Gasteiger charge is 2.36. The summed E-state index contributed by atoms with van der Waals surface area (Å²) >= 11 is 0. The number of hydrogen-bond acceptors (Lipinski definition) is 6. The number of likely N-dealkylation sites (N-methyl/N-ethyl adjacent to an activating group) is 1. The van der Waals surface area contributed by atoms with Crippen molar-refractivity contribution in [3.8, 4) is 0 Å². The number of imide groups is 1. The van der Waals surface area contributed by atoms with Gasteiger partial charge in [0.25, 0.3) is 11.8 Å². The Hall–Kier alpha value is -2.77. The third-order valence-corrected chi connectivity index (χ3v) is 3.64. The summed E-state index contributed by atoms with van der Waals surface area (Å²) in [6, 6.07) is 0. The van der Waals surface area contributed by atoms with Crippen molar-refractivity contribution in [2.75, 3.05) is 19.4 Å². The van der Waals surface area contributed by atoms with E-state index in [0.29, 0.717) is 34.0 Å². The van der Waals surface area contributed by atoms with E-state index >= 15 is 0 Å². The molecule has 3 rings (SSSR count). The van der Waals surface area contributed by atoms with Crippen LogP contribution < -0.4 is 5.32 Å². The Labute approximate surface area is 120 Å². The zero-order valence-electron chi connectivity index (χ0n) is 12.1. The lowest BCUT2D eigenvalue weighted by Gasteiger charge is -2.06. The molecule has 2 aromatic heterocycles. The second-order valence-corrected chi connectivity index (χ2v) is 4.81. The average molecular weight is 286 g/mol. The van der Waals surface area contributed by atoms with Gasteiger partial charge in [-0.2, -0.15) is 0 Å². The summed E-state index contributed by atoms with van der Waals surface area (Å²) in [7, 11) is 4.95. The topological polar surface area (TPSA) is 93.0 Å². The van der Waals surface area contributed by atoms with Crippen molar-refractivity contribution in [3.05, 3.63) is 17.7 Å². The molecule has 0 radical (unpaired) electrons. The quantitative estimate of drug-likeness (QED) is 0.791. The molecule has 1 aliphatic heterocycles. The normalized spacial score (nSPS) is 15.5. The third-order valence-electron chi connectivity index (χ3n) is 3.64. The van der Waals surface area contributed by atoms with E-state index in [-0.39, 0.29) is 11.8 Å². The van der Waals surface area contributed by atoms with Crippen LogP contribution in [0.5, 0.6) is 0 Å². The number of carbonyl (C=O) groups is 2. The molecule has 0 aliphatic carbocycles. The summed E-state index contributed by atoms with van der Waals surface area (Å²) in [5.74, 6) is 0.337. The fourth-order valence-electron chi connectivity index (χ4n) is 2.45. The van der Waals surface area contributed by atoms with Crippen LogP contribution in [0, 0.1) is 0 Å². The van der Waals surface area contributed by atoms with Crippen LogP contribution in [0.4, 0.5) is 5.82 Å². The Morgan fingerprint density at radius 2 is 1.86 bits per heavy atom. The predicted molar refractivity (Wildman–Crippen MR) is 76.2 cm³/mol. The van der Waals surface area contributed by atoms with Gasteiger partial charge in [0.2, 0.25) is 0 Å². The van der Waals surface area contributed by atoms with Crippen LogP contribution in [0.15, 0.2) is 11.9 Å². The van der Waals surface area contributed by atoms with E-state index in [9.17, 15) is 9.59 Å². The standard InChI is InChI=1S/C13H14N6O2/c1-6-7(13(21)19(4)12(6)20)10-17-8-9(14-2)15-5-16-11(8)18(10)3/h5H,1-4H3,(H,14,15,16). The van der Waals surface area contributed by atoms with E-state index in [0.717, 1.165) is 4.90 Å². The first-order valence-corrected chi connectivity index (χ1v) is 6.36. The Morgan fingerprint density at radius 3 is 2.43 bits per heavy atom. The molecule has 1 aliphatic rings. The average Bonchev–Trinajstić information content (AvgIpc) is 2.91. The molecule has 8 heteroatoms. The van der Waals surface area contributed by atoms with Crippen molar-refractivity contribution in [2.24, 2.45) is 7.05 Å². The molecular formula is C13H14N6O2. The van der Waals surface area contributed by atoms with Crippen LogP contribution in [0.1, 0.15) is 12.7 Å². The van der Waals surface area contributed by atoms with Crippen molar-refractivity contribution < 1.29 is 9.59 Å². The van der Waals surface area contributed by atoms with Crippen molar-refractivity contribution in [3.63, 3.8) is 0 Å². The summed E-state index contributed by atoms with van der Waals surface area (Å²) in [5.41, 5.74) is 1.86. The molecule has 0 bridgehead atoms. The molecule has 0 saturated carbocycles. The zero-order valence-corrected chi connectivity index (χ0v) is 12.1. The van der Waals surface area contributed by atoms with Crippen LogP contribution in [-0.4, -0.2) is 50.3 Å². The van der Waals surface area contributed by atoms with Crippen molar-refractivity contribution >= 4 is 34.4 Å². The smallest absolute Gasteiger partial charge is 0.264 e. The number of imidazole rings is 1. The molecule has 0 spiro atoms. The van der Waals surface area contributed by atoms with Gasteiger partial charge in [-0.3, -0.25) is 14.5 Å². The third kappa shape index (κ3) is 1.65. The lowest BCUT2D eigenvalue weighted by atomic mass is 10.1. The first kappa shape index (κ1) is 13.2. The number of aryl methyl sites for hydroxylation is 1. The molecule has 21 heavy (non-hydrogen) atoms. The van der Waals surface area contributed by atoms with Crippen molar-refractivity contribution in [2.45, 2.75) is 6.92 Å². The minimum atomic E-state index is -0.352. The molecule has 8 nitrogen and oxygen atoms in total. The molecular weight excluding hydrogens is 272 g/mol. The highest BCUT2D eigenvalue weighted by Crippen LogP contribution is 2.30. The van der Waals surface area contributed by atoms with E-state index in [2.05, 4.69) is 20.3 Å². The summed E-state index contributed by atoms with van der Waals surface area (Å²) in [5, 5.41) is 2.94. The van der Waals surface area contributed by atoms with Gasteiger partial charge in [-0.05, 0) is 6.92 Å². The van der Waals surface area contributed by atoms with Gasteiger partial charge in [0.1, 0.15) is 12.2 Å².